The van der Waals surface area contributed by atoms with Gasteiger partial charge in [0.25, 0.3) is 5.91 Å². The first kappa shape index (κ1) is 23.4. The Labute approximate surface area is 182 Å². The number of nitrogens with zero attached hydrogens (tertiary/aromatic N) is 2. The van der Waals surface area contributed by atoms with E-state index in [4.69, 9.17) is 0 Å². The molecule has 0 aliphatic heterocycles. The second-order valence-electron chi connectivity index (χ2n) is 5.84. The van der Waals surface area contributed by atoms with Crippen molar-refractivity contribution in [3.05, 3.63) is 51.5 Å². The Hall–Kier alpha value is -1.68. The van der Waals surface area contributed by atoms with Crippen molar-refractivity contribution in [2.45, 2.75) is 33.7 Å². The number of hydrogen-bond donors (Lipinski definition) is 3. The molecule has 0 fully saturated rings. The summed E-state index contributed by atoms with van der Waals surface area (Å²) in [5.74, 6) is 0.745. The lowest BCUT2D eigenvalue weighted by molar-refractivity contribution is 0.0953. The van der Waals surface area contributed by atoms with Gasteiger partial charge in [-0.05, 0) is 39.3 Å². The Morgan fingerprint density at radius 1 is 1.11 bits per heavy atom. The van der Waals surface area contributed by atoms with E-state index >= 15 is 0 Å². The zero-order valence-electron chi connectivity index (χ0n) is 16.0. The van der Waals surface area contributed by atoms with Crippen LogP contribution in [0.5, 0.6) is 0 Å². The third-order valence-electron chi connectivity index (χ3n) is 3.69. The van der Waals surface area contributed by atoms with E-state index in [9.17, 15) is 4.79 Å². The number of hydrogen-bond acceptors (Lipinski definition) is 4. The number of thiazole rings is 1. The first-order valence-corrected chi connectivity index (χ1v) is 9.70. The van der Waals surface area contributed by atoms with Gasteiger partial charge < -0.3 is 16.0 Å². The van der Waals surface area contributed by atoms with Crippen LogP contribution in [0, 0.1) is 13.8 Å². The molecule has 0 aliphatic rings. The molecule has 1 aromatic carbocycles. The van der Waals surface area contributed by atoms with Gasteiger partial charge in [0.1, 0.15) is 0 Å². The number of carbonyl (C=O) groups excluding carboxylic acids is 1. The van der Waals surface area contributed by atoms with E-state index in [1.54, 1.807) is 11.3 Å². The van der Waals surface area contributed by atoms with E-state index in [0.717, 1.165) is 36.2 Å². The Balaban J connectivity index is 0.00000364. The lowest BCUT2D eigenvalue weighted by Crippen LogP contribution is -2.38. The second-order valence-corrected chi connectivity index (χ2v) is 7.13. The molecule has 27 heavy (non-hydrogen) atoms. The van der Waals surface area contributed by atoms with Crippen LogP contribution in [0.15, 0.2) is 35.3 Å². The van der Waals surface area contributed by atoms with Crippen molar-refractivity contribution in [3.8, 4) is 0 Å². The van der Waals surface area contributed by atoms with Gasteiger partial charge in [-0.2, -0.15) is 0 Å². The maximum atomic E-state index is 12.0. The summed E-state index contributed by atoms with van der Waals surface area (Å²) in [6, 6.07) is 9.25. The molecule has 2 rings (SSSR count). The number of aryl methyl sites for hydroxylation is 2. The lowest BCUT2D eigenvalue weighted by atomic mass is 10.2. The molecule has 0 bridgehead atoms. The minimum atomic E-state index is -0.0396. The molecule has 0 atom stereocenters. The zero-order chi connectivity index (χ0) is 18.8. The van der Waals surface area contributed by atoms with Gasteiger partial charge in [-0.1, -0.05) is 18.2 Å². The first-order valence-electron chi connectivity index (χ1n) is 8.88. The molecule has 0 saturated heterocycles. The van der Waals surface area contributed by atoms with Gasteiger partial charge in [0.05, 0.1) is 17.2 Å². The van der Waals surface area contributed by atoms with E-state index < -0.39 is 0 Å². The summed E-state index contributed by atoms with van der Waals surface area (Å²) in [5, 5.41) is 10.5. The standard InChI is InChI=1S/C19H27N5OS.HI/c1-4-20-19(23-13-17-14(2)24-15(3)26-17)22-12-8-11-21-18(25)16-9-6-5-7-10-16;/h5-7,9-10H,4,8,11-13H2,1-3H3,(H,21,25)(H2,20,22,23);1H. The van der Waals surface area contributed by atoms with Gasteiger partial charge in [-0.25, -0.2) is 9.98 Å². The highest BCUT2D eigenvalue weighted by atomic mass is 127. The Morgan fingerprint density at radius 3 is 2.44 bits per heavy atom. The summed E-state index contributed by atoms with van der Waals surface area (Å²) in [4.78, 5) is 22.2. The highest BCUT2D eigenvalue weighted by Crippen LogP contribution is 2.17. The summed E-state index contributed by atoms with van der Waals surface area (Å²) in [6.07, 6.45) is 0.821. The van der Waals surface area contributed by atoms with Gasteiger partial charge in [-0.3, -0.25) is 4.79 Å². The number of nitrogens with one attached hydrogen (secondary N) is 3. The molecule has 0 saturated carbocycles. The van der Waals surface area contributed by atoms with E-state index in [1.165, 1.54) is 4.88 Å². The molecule has 1 heterocycles. The van der Waals surface area contributed by atoms with E-state index in [-0.39, 0.29) is 29.9 Å². The smallest absolute Gasteiger partial charge is 0.251 e. The van der Waals surface area contributed by atoms with Crippen LogP contribution in [-0.4, -0.2) is 36.5 Å². The maximum Gasteiger partial charge on any atom is 0.251 e. The molecule has 148 valence electrons. The van der Waals surface area contributed by atoms with Gasteiger partial charge in [0, 0.05) is 30.1 Å². The third kappa shape index (κ3) is 8.25. The number of halogens is 1. The SMILES string of the molecule is CCNC(=NCc1sc(C)nc1C)NCCCNC(=O)c1ccccc1.I. The van der Waals surface area contributed by atoms with Crippen LogP contribution in [0.1, 0.15) is 39.3 Å². The van der Waals surface area contributed by atoms with E-state index in [0.29, 0.717) is 18.7 Å². The highest BCUT2D eigenvalue weighted by Gasteiger charge is 2.05. The van der Waals surface area contributed by atoms with Crippen molar-refractivity contribution in [2.75, 3.05) is 19.6 Å². The molecule has 8 heteroatoms. The van der Waals surface area contributed by atoms with Crippen LogP contribution in [-0.2, 0) is 6.54 Å². The number of aromatic nitrogens is 1. The van der Waals surface area contributed by atoms with Gasteiger partial charge in [0.15, 0.2) is 5.96 Å². The average Bonchev–Trinajstić information content (AvgIpc) is 2.97. The van der Waals surface area contributed by atoms with Crippen molar-refractivity contribution in [1.82, 2.24) is 20.9 Å². The fourth-order valence-electron chi connectivity index (χ4n) is 2.40. The molecule has 2 aromatic rings. The predicted octanol–water partition coefficient (Wildman–Crippen LogP) is 3.25. The van der Waals surface area contributed by atoms with Crippen molar-refractivity contribution >= 4 is 47.2 Å². The monoisotopic (exact) mass is 501 g/mol. The summed E-state index contributed by atoms with van der Waals surface area (Å²) in [6.45, 7) is 8.85. The fraction of sp³-hybridized carbons (Fsp3) is 0.421. The van der Waals surface area contributed by atoms with Gasteiger partial charge in [0.2, 0.25) is 0 Å². The molecular weight excluding hydrogens is 473 g/mol. The number of amides is 1. The normalized spacial score (nSPS) is 10.9. The summed E-state index contributed by atoms with van der Waals surface area (Å²) in [5.41, 5.74) is 1.74. The van der Waals surface area contributed by atoms with Crippen molar-refractivity contribution in [1.29, 1.82) is 0 Å². The minimum Gasteiger partial charge on any atom is -0.357 e. The van der Waals surface area contributed by atoms with E-state index in [2.05, 4.69) is 25.9 Å². The molecule has 3 N–H and O–H groups in total. The fourth-order valence-corrected chi connectivity index (χ4v) is 3.26. The number of aliphatic imine (C=N–C) groups is 1. The lowest BCUT2D eigenvalue weighted by Gasteiger charge is -2.11. The number of rotatable bonds is 8. The number of guanidine groups is 1. The topological polar surface area (TPSA) is 78.4 Å². The summed E-state index contributed by atoms with van der Waals surface area (Å²) < 4.78 is 0. The summed E-state index contributed by atoms with van der Waals surface area (Å²) >= 11 is 1.69. The molecule has 0 radical (unpaired) electrons. The predicted molar refractivity (Wildman–Crippen MR) is 123 cm³/mol. The molecule has 0 aliphatic carbocycles. The Kier molecular flexibility index (Phi) is 11.0. The van der Waals surface area contributed by atoms with Crippen LogP contribution in [0.2, 0.25) is 0 Å². The number of benzene rings is 1. The van der Waals surface area contributed by atoms with Crippen molar-refractivity contribution in [2.24, 2.45) is 4.99 Å². The molecule has 1 aromatic heterocycles. The van der Waals surface area contributed by atoms with Crippen LogP contribution < -0.4 is 16.0 Å². The van der Waals surface area contributed by atoms with Crippen molar-refractivity contribution in [3.63, 3.8) is 0 Å². The molecule has 6 nitrogen and oxygen atoms in total. The van der Waals surface area contributed by atoms with Crippen LogP contribution in [0.4, 0.5) is 0 Å². The van der Waals surface area contributed by atoms with Gasteiger partial charge >= 0.3 is 0 Å². The van der Waals surface area contributed by atoms with Crippen LogP contribution in [0.3, 0.4) is 0 Å². The Bertz CT molecular complexity index is 733. The second kappa shape index (κ2) is 12.7. The molecular formula is C19H28IN5OS. The van der Waals surface area contributed by atoms with Crippen LogP contribution in [0.25, 0.3) is 0 Å². The number of carbonyl (C=O) groups is 1. The highest BCUT2D eigenvalue weighted by molar-refractivity contribution is 14.0. The summed E-state index contributed by atoms with van der Waals surface area (Å²) in [7, 11) is 0. The first-order chi connectivity index (χ1) is 12.6. The van der Waals surface area contributed by atoms with E-state index in [1.807, 2.05) is 51.1 Å². The minimum absolute atomic E-state index is 0. The maximum absolute atomic E-state index is 12.0. The zero-order valence-corrected chi connectivity index (χ0v) is 19.2. The largest absolute Gasteiger partial charge is 0.357 e. The Morgan fingerprint density at radius 2 is 1.81 bits per heavy atom. The van der Waals surface area contributed by atoms with Crippen LogP contribution >= 0.6 is 35.3 Å². The van der Waals surface area contributed by atoms with Gasteiger partial charge in [-0.15, -0.1) is 35.3 Å². The molecule has 0 unspecified atom stereocenters. The third-order valence-corrected chi connectivity index (χ3v) is 4.75. The quantitative estimate of drug-likeness (QED) is 0.225. The average molecular weight is 501 g/mol. The van der Waals surface area contributed by atoms with Crippen molar-refractivity contribution < 1.29 is 4.79 Å². The molecule has 1 amide bonds. The molecule has 0 spiro atoms.